The number of halogens is 1. The molecule has 0 aliphatic heterocycles. The molecule has 0 aromatic heterocycles. The fraction of sp³-hybridized carbons (Fsp3) is 0.316. The zero-order valence-electron chi connectivity index (χ0n) is 13.6. The molecule has 0 saturated heterocycles. The molecule has 1 N–H and O–H groups in total. The van der Waals surface area contributed by atoms with E-state index in [-0.39, 0.29) is 0 Å². The molecule has 2 aromatic rings. The van der Waals surface area contributed by atoms with Crippen molar-refractivity contribution in [2.75, 3.05) is 6.61 Å². The van der Waals surface area contributed by atoms with Gasteiger partial charge in [-0.25, -0.2) is 4.79 Å². The highest BCUT2D eigenvalue weighted by Gasteiger charge is 2.18. The Morgan fingerprint density at radius 2 is 1.67 bits per heavy atom. The summed E-state index contributed by atoms with van der Waals surface area (Å²) in [5.41, 5.74) is 1.11. The lowest BCUT2D eigenvalue weighted by molar-refractivity contribution is -0.145. The summed E-state index contributed by atoms with van der Waals surface area (Å²) < 4.78 is 11.1. The molecule has 2 rings (SSSR count). The van der Waals surface area contributed by atoms with Crippen molar-refractivity contribution in [3.8, 4) is 11.5 Å². The van der Waals surface area contributed by atoms with Gasteiger partial charge in [-0.15, -0.1) is 0 Å². The molecule has 1 unspecified atom stereocenters. The summed E-state index contributed by atoms with van der Waals surface area (Å²) in [7, 11) is 0. The first-order chi connectivity index (χ1) is 11.5. The SMILES string of the molecule is Cc1ccc(OC(CCCCOc2ccc(Cl)cc2)C(=O)O)cc1. The number of hydrogen-bond donors (Lipinski definition) is 1. The van der Waals surface area contributed by atoms with Gasteiger partial charge >= 0.3 is 5.97 Å². The van der Waals surface area contributed by atoms with Crippen molar-refractivity contribution >= 4 is 17.6 Å². The smallest absolute Gasteiger partial charge is 0.344 e. The predicted octanol–water partition coefficient (Wildman–Crippen LogP) is 4.73. The van der Waals surface area contributed by atoms with Crippen LogP contribution in [0, 0.1) is 6.92 Å². The molecule has 0 bridgehead atoms. The van der Waals surface area contributed by atoms with Crippen molar-refractivity contribution < 1.29 is 19.4 Å². The number of unbranched alkanes of at least 4 members (excludes halogenated alkanes) is 1. The number of carboxylic acids is 1. The fourth-order valence-electron chi connectivity index (χ4n) is 2.17. The van der Waals surface area contributed by atoms with E-state index >= 15 is 0 Å². The average Bonchev–Trinajstić information content (AvgIpc) is 2.57. The number of ether oxygens (including phenoxy) is 2. The Hall–Kier alpha value is -2.20. The molecule has 4 nitrogen and oxygen atoms in total. The maximum absolute atomic E-state index is 11.3. The van der Waals surface area contributed by atoms with Crippen LogP contribution in [0.5, 0.6) is 11.5 Å². The lowest BCUT2D eigenvalue weighted by Crippen LogP contribution is -2.27. The van der Waals surface area contributed by atoms with Crippen LogP contribution < -0.4 is 9.47 Å². The van der Waals surface area contributed by atoms with Gasteiger partial charge in [0.25, 0.3) is 0 Å². The maximum atomic E-state index is 11.3. The summed E-state index contributed by atoms with van der Waals surface area (Å²) in [5, 5.41) is 9.95. The van der Waals surface area contributed by atoms with Gasteiger partial charge in [0.15, 0.2) is 6.10 Å². The monoisotopic (exact) mass is 348 g/mol. The molecule has 0 radical (unpaired) electrons. The van der Waals surface area contributed by atoms with Gasteiger partial charge in [-0.1, -0.05) is 29.3 Å². The number of benzene rings is 2. The summed E-state index contributed by atoms with van der Waals surface area (Å²) in [4.78, 5) is 11.3. The minimum Gasteiger partial charge on any atom is -0.494 e. The Morgan fingerprint density at radius 1 is 1.04 bits per heavy atom. The number of carbonyl (C=O) groups is 1. The van der Waals surface area contributed by atoms with Crippen molar-refractivity contribution in [2.24, 2.45) is 0 Å². The van der Waals surface area contributed by atoms with Gasteiger partial charge in [0, 0.05) is 5.02 Å². The van der Waals surface area contributed by atoms with Crippen LogP contribution in [0.2, 0.25) is 5.02 Å². The average molecular weight is 349 g/mol. The van der Waals surface area contributed by atoms with Crippen LogP contribution in [-0.2, 0) is 4.79 Å². The number of hydrogen-bond acceptors (Lipinski definition) is 3. The minimum absolute atomic E-state index is 0.438. The van der Waals surface area contributed by atoms with Crippen LogP contribution >= 0.6 is 11.6 Å². The number of carboxylic acid groups (broad SMARTS) is 1. The van der Waals surface area contributed by atoms with Crippen LogP contribution in [-0.4, -0.2) is 23.8 Å². The number of rotatable bonds is 9. The third-order valence-corrected chi connectivity index (χ3v) is 3.77. The molecule has 0 heterocycles. The van der Waals surface area contributed by atoms with E-state index in [0.29, 0.717) is 30.2 Å². The first kappa shape index (κ1) is 18.1. The summed E-state index contributed by atoms with van der Waals surface area (Å²) in [6, 6.07) is 14.5. The van der Waals surface area contributed by atoms with E-state index < -0.39 is 12.1 Å². The molecule has 24 heavy (non-hydrogen) atoms. The summed E-state index contributed by atoms with van der Waals surface area (Å²) >= 11 is 5.81. The molecule has 128 valence electrons. The Bertz CT molecular complexity index is 637. The van der Waals surface area contributed by atoms with Gasteiger partial charge < -0.3 is 14.6 Å². The highest BCUT2D eigenvalue weighted by Crippen LogP contribution is 2.18. The van der Waals surface area contributed by atoms with E-state index in [1.165, 1.54) is 0 Å². The first-order valence-electron chi connectivity index (χ1n) is 7.89. The quantitative estimate of drug-likeness (QED) is 0.665. The third kappa shape index (κ3) is 6.13. The molecule has 5 heteroatoms. The van der Waals surface area contributed by atoms with E-state index in [1.54, 1.807) is 24.3 Å². The minimum atomic E-state index is -0.950. The van der Waals surface area contributed by atoms with Gasteiger partial charge in [0.2, 0.25) is 0 Å². The topological polar surface area (TPSA) is 55.8 Å². The van der Waals surface area contributed by atoms with Crippen LogP contribution in [0.1, 0.15) is 24.8 Å². The second kappa shape index (κ2) is 9.18. The van der Waals surface area contributed by atoms with Crippen LogP contribution in [0.15, 0.2) is 48.5 Å². The Labute approximate surface area is 147 Å². The Balaban J connectivity index is 1.72. The largest absolute Gasteiger partial charge is 0.494 e. The van der Waals surface area contributed by atoms with Crippen LogP contribution in [0.25, 0.3) is 0 Å². The van der Waals surface area contributed by atoms with Gasteiger partial charge in [0.05, 0.1) is 6.61 Å². The Kier molecular flexibility index (Phi) is 6.94. The van der Waals surface area contributed by atoms with Crippen molar-refractivity contribution in [1.82, 2.24) is 0 Å². The second-order valence-corrected chi connectivity index (χ2v) is 5.99. The fourth-order valence-corrected chi connectivity index (χ4v) is 2.29. The van der Waals surface area contributed by atoms with E-state index in [1.807, 2.05) is 31.2 Å². The summed E-state index contributed by atoms with van der Waals surface area (Å²) in [6.45, 7) is 2.50. The molecule has 0 aliphatic rings. The molecule has 0 fully saturated rings. The third-order valence-electron chi connectivity index (χ3n) is 3.52. The maximum Gasteiger partial charge on any atom is 0.344 e. The number of aryl methyl sites for hydroxylation is 1. The molecule has 2 aromatic carbocycles. The predicted molar refractivity (Wildman–Crippen MR) is 94.0 cm³/mol. The van der Waals surface area contributed by atoms with Crippen molar-refractivity contribution in [3.05, 3.63) is 59.1 Å². The molecule has 0 aliphatic carbocycles. The normalized spacial score (nSPS) is 11.8. The standard InChI is InChI=1S/C19H21ClO4/c1-14-5-9-17(10-6-14)24-18(19(21)22)4-2-3-13-23-16-11-7-15(20)8-12-16/h5-12,18H,2-4,13H2,1H3,(H,21,22). The zero-order chi connectivity index (χ0) is 17.4. The highest BCUT2D eigenvalue weighted by atomic mass is 35.5. The molecule has 1 atom stereocenters. The summed E-state index contributed by atoms with van der Waals surface area (Å²) in [5.74, 6) is 0.379. The zero-order valence-corrected chi connectivity index (χ0v) is 14.3. The van der Waals surface area contributed by atoms with Crippen molar-refractivity contribution in [1.29, 1.82) is 0 Å². The van der Waals surface area contributed by atoms with Crippen molar-refractivity contribution in [3.63, 3.8) is 0 Å². The molecular weight excluding hydrogens is 328 g/mol. The van der Waals surface area contributed by atoms with E-state index in [0.717, 1.165) is 17.7 Å². The number of aliphatic carboxylic acids is 1. The molecular formula is C19H21ClO4. The van der Waals surface area contributed by atoms with Crippen LogP contribution in [0.4, 0.5) is 0 Å². The molecule has 0 saturated carbocycles. The van der Waals surface area contributed by atoms with Gasteiger partial charge in [-0.2, -0.15) is 0 Å². The Morgan fingerprint density at radius 3 is 2.29 bits per heavy atom. The van der Waals surface area contributed by atoms with Crippen LogP contribution in [0.3, 0.4) is 0 Å². The van der Waals surface area contributed by atoms with Gasteiger partial charge in [0.1, 0.15) is 11.5 Å². The van der Waals surface area contributed by atoms with Gasteiger partial charge in [-0.05, 0) is 62.6 Å². The van der Waals surface area contributed by atoms with E-state index in [9.17, 15) is 9.90 Å². The lowest BCUT2D eigenvalue weighted by atomic mass is 10.1. The second-order valence-electron chi connectivity index (χ2n) is 5.56. The van der Waals surface area contributed by atoms with E-state index in [2.05, 4.69) is 0 Å². The summed E-state index contributed by atoms with van der Waals surface area (Å²) in [6.07, 6.45) is 1.05. The first-order valence-corrected chi connectivity index (χ1v) is 8.27. The molecule has 0 amide bonds. The highest BCUT2D eigenvalue weighted by molar-refractivity contribution is 6.30. The van der Waals surface area contributed by atoms with Gasteiger partial charge in [-0.3, -0.25) is 0 Å². The van der Waals surface area contributed by atoms with E-state index in [4.69, 9.17) is 21.1 Å². The van der Waals surface area contributed by atoms with Crippen molar-refractivity contribution in [2.45, 2.75) is 32.3 Å². The lowest BCUT2D eigenvalue weighted by Gasteiger charge is -2.15. The molecule has 0 spiro atoms.